The Morgan fingerprint density at radius 3 is 1.70 bits per heavy atom. The van der Waals surface area contributed by atoms with E-state index in [1.807, 2.05) is 0 Å². The van der Waals surface area contributed by atoms with E-state index in [1.54, 1.807) is 0 Å². The predicted molar refractivity (Wildman–Crippen MR) is 122 cm³/mol. The number of aromatic nitrogens is 2. The van der Waals surface area contributed by atoms with Gasteiger partial charge in [-0.2, -0.15) is 0 Å². The summed E-state index contributed by atoms with van der Waals surface area (Å²) in [5, 5.41) is 0. The maximum atomic E-state index is 2.40. The fourth-order valence-corrected chi connectivity index (χ4v) is 4.50. The molecule has 0 saturated heterocycles. The van der Waals surface area contributed by atoms with Crippen LogP contribution in [0.1, 0.15) is 44.5 Å². The van der Waals surface area contributed by atoms with Crippen molar-refractivity contribution in [3.05, 3.63) is 99.4 Å². The fraction of sp³-hybridized carbons (Fsp3) is 0.296. The second-order valence-electron chi connectivity index (χ2n) is 8.79. The third-order valence-corrected chi connectivity index (χ3v) is 5.76. The number of nitrogens with zero attached hydrogens (tertiary/aromatic N) is 2. The molecule has 1 heterocycles. The molecule has 0 atom stereocenters. The first-order chi connectivity index (χ1) is 13.8. The summed E-state index contributed by atoms with van der Waals surface area (Å²) < 4.78 is 4.80. The molecular formula is C27H31BrN2. The monoisotopic (exact) mass is 462 g/mol. The standard InChI is InChI=1S/C27H31N2.BrH/c1-18-7-19(2)10-24(9-18)15-28-17-29(16-25-11-20(3)8-21(4)12-25)27-14-23(6)22(5)13-26(27)28;/h7-14,17H,15-16H2,1-6H3;1H/q+1;/p-1. The second kappa shape index (κ2) is 8.77. The van der Waals surface area contributed by atoms with Crippen molar-refractivity contribution in [2.24, 2.45) is 0 Å². The van der Waals surface area contributed by atoms with Crippen LogP contribution in [0.15, 0.2) is 54.9 Å². The summed E-state index contributed by atoms with van der Waals surface area (Å²) >= 11 is 0. The van der Waals surface area contributed by atoms with Crippen LogP contribution in [0.4, 0.5) is 0 Å². The number of rotatable bonds is 4. The molecule has 30 heavy (non-hydrogen) atoms. The zero-order valence-corrected chi connectivity index (χ0v) is 20.5. The minimum atomic E-state index is 0. The number of benzene rings is 3. The lowest BCUT2D eigenvalue weighted by Crippen LogP contribution is -3.00. The SMILES string of the molecule is Cc1cc(C)cc(Cn2c[n+](Cc3cc(C)cc(C)c3)c3cc(C)c(C)cc32)c1.[Br-]. The Kier molecular flexibility index (Phi) is 6.52. The van der Waals surface area contributed by atoms with Gasteiger partial charge in [-0.05, 0) is 75.9 Å². The zero-order chi connectivity index (χ0) is 20.7. The molecule has 3 heteroatoms. The molecule has 0 fully saturated rings. The number of hydrogen-bond donors (Lipinski definition) is 0. The van der Waals surface area contributed by atoms with E-state index >= 15 is 0 Å². The van der Waals surface area contributed by atoms with Gasteiger partial charge in [0.1, 0.15) is 13.1 Å². The van der Waals surface area contributed by atoms with E-state index in [9.17, 15) is 0 Å². The molecule has 0 unspecified atom stereocenters. The first kappa shape index (κ1) is 22.3. The van der Waals surface area contributed by atoms with Gasteiger partial charge in [0.25, 0.3) is 0 Å². The summed E-state index contributed by atoms with van der Waals surface area (Å²) in [6.07, 6.45) is 2.29. The minimum absolute atomic E-state index is 0. The number of hydrogen-bond acceptors (Lipinski definition) is 0. The molecule has 0 saturated carbocycles. The number of halogens is 1. The van der Waals surface area contributed by atoms with Crippen LogP contribution in [0, 0.1) is 41.5 Å². The zero-order valence-electron chi connectivity index (χ0n) is 18.9. The summed E-state index contributed by atoms with van der Waals surface area (Å²) in [6, 6.07) is 18.4. The van der Waals surface area contributed by atoms with Crippen LogP contribution in [0.25, 0.3) is 11.0 Å². The van der Waals surface area contributed by atoms with Gasteiger partial charge in [0.05, 0.1) is 0 Å². The van der Waals surface area contributed by atoms with Gasteiger partial charge in [-0.15, -0.1) is 0 Å². The van der Waals surface area contributed by atoms with Gasteiger partial charge in [0.15, 0.2) is 11.0 Å². The van der Waals surface area contributed by atoms with E-state index in [1.165, 1.54) is 55.5 Å². The van der Waals surface area contributed by atoms with E-state index in [-0.39, 0.29) is 17.0 Å². The maximum absolute atomic E-state index is 2.40. The Hall–Kier alpha value is -2.39. The number of fused-ring (bicyclic) bond motifs is 1. The van der Waals surface area contributed by atoms with Crippen LogP contribution < -0.4 is 21.5 Å². The Labute approximate surface area is 191 Å². The molecule has 2 nitrogen and oxygen atoms in total. The van der Waals surface area contributed by atoms with Crippen LogP contribution >= 0.6 is 0 Å². The number of aryl methyl sites for hydroxylation is 6. The smallest absolute Gasteiger partial charge is 0.245 e. The van der Waals surface area contributed by atoms with Crippen molar-refractivity contribution in [2.75, 3.05) is 0 Å². The molecule has 3 aromatic carbocycles. The molecule has 0 aliphatic carbocycles. The Morgan fingerprint density at radius 2 is 1.13 bits per heavy atom. The molecule has 0 N–H and O–H groups in total. The Morgan fingerprint density at radius 1 is 0.633 bits per heavy atom. The summed E-state index contributed by atoms with van der Waals surface area (Å²) in [7, 11) is 0. The van der Waals surface area contributed by atoms with E-state index in [0.717, 1.165) is 13.1 Å². The average Bonchev–Trinajstić information content (AvgIpc) is 2.90. The van der Waals surface area contributed by atoms with Gasteiger partial charge < -0.3 is 17.0 Å². The lowest BCUT2D eigenvalue weighted by Gasteiger charge is -2.04. The van der Waals surface area contributed by atoms with Gasteiger partial charge >= 0.3 is 0 Å². The molecule has 4 aromatic rings. The van der Waals surface area contributed by atoms with Crippen molar-refractivity contribution in [1.82, 2.24) is 4.57 Å². The topological polar surface area (TPSA) is 8.81 Å². The van der Waals surface area contributed by atoms with Gasteiger partial charge in [-0.1, -0.05) is 58.7 Å². The molecule has 156 valence electrons. The quantitative estimate of drug-likeness (QED) is 0.412. The van der Waals surface area contributed by atoms with Crippen molar-refractivity contribution >= 4 is 11.0 Å². The molecule has 0 spiro atoms. The average molecular weight is 463 g/mol. The van der Waals surface area contributed by atoms with Gasteiger partial charge in [0, 0.05) is 0 Å². The minimum Gasteiger partial charge on any atom is -1.00 e. The highest BCUT2D eigenvalue weighted by atomic mass is 79.9. The highest BCUT2D eigenvalue weighted by molar-refractivity contribution is 5.74. The molecular weight excluding hydrogens is 432 g/mol. The normalized spacial score (nSPS) is 11.0. The largest absolute Gasteiger partial charge is 1.00 e. The lowest BCUT2D eigenvalue weighted by atomic mass is 10.1. The molecule has 1 aromatic heterocycles. The van der Waals surface area contributed by atoms with E-state index < -0.39 is 0 Å². The number of imidazole rings is 1. The van der Waals surface area contributed by atoms with Crippen LogP contribution in [0.2, 0.25) is 0 Å². The van der Waals surface area contributed by atoms with Crippen molar-refractivity contribution < 1.29 is 21.5 Å². The first-order valence-electron chi connectivity index (χ1n) is 10.4. The van der Waals surface area contributed by atoms with Gasteiger partial charge in [-0.25, -0.2) is 9.13 Å². The van der Waals surface area contributed by atoms with Crippen LogP contribution in [-0.4, -0.2) is 4.57 Å². The van der Waals surface area contributed by atoms with E-state index in [4.69, 9.17) is 0 Å². The van der Waals surface area contributed by atoms with Crippen molar-refractivity contribution in [1.29, 1.82) is 0 Å². The Bertz CT molecular complexity index is 1080. The summed E-state index contributed by atoms with van der Waals surface area (Å²) in [5.74, 6) is 0. The highest BCUT2D eigenvalue weighted by Crippen LogP contribution is 2.20. The van der Waals surface area contributed by atoms with Crippen molar-refractivity contribution in [3.8, 4) is 0 Å². The molecule has 4 rings (SSSR count). The van der Waals surface area contributed by atoms with E-state index in [2.05, 4.69) is 106 Å². The summed E-state index contributed by atoms with van der Waals surface area (Å²) in [6.45, 7) is 14.9. The first-order valence-corrected chi connectivity index (χ1v) is 10.4. The molecule has 0 aliphatic heterocycles. The molecule has 0 amide bonds. The van der Waals surface area contributed by atoms with Crippen molar-refractivity contribution in [3.63, 3.8) is 0 Å². The fourth-order valence-electron chi connectivity index (χ4n) is 4.50. The van der Waals surface area contributed by atoms with Gasteiger partial charge in [0.2, 0.25) is 6.33 Å². The molecule has 0 radical (unpaired) electrons. The predicted octanol–water partition coefficient (Wildman–Crippen LogP) is 2.88. The van der Waals surface area contributed by atoms with Gasteiger partial charge in [-0.3, -0.25) is 0 Å². The van der Waals surface area contributed by atoms with Crippen LogP contribution in [0.5, 0.6) is 0 Å². The van der Waals surface area contributed by atoms with E-state index in [0.29, 0.717) is 0 Å². The highest BCUT2D eigenvalue weighted by Gasteiger charge is 2.18. The molecule has 0 bridgehead atoms. The van der Waals surface area contributed by atoms with Crippen LogP contribution in [0.3, 0.4) is 0 Å². The van der Waals surface area contributed by atoms with Crippen LogP contribution in [-0.2, 0) is 13.1 Å². The van der Waals surface area contributed by atoms with Crippen molar-refractivity contribution in [2.45, 2.75) is 54.6 Å². The molecule has 0 aliphatic rings. The summed E-state index contributed by atoms with van der Waals surface area (Å²) in [4.78, 5) is 0. The second-order valence-corrected chi connectivity index (χ2v) is 8.79. The summed E-state index contributed by atoms with van der Waals surface area (Å²) in [5.41, 5.74) is 13.3. The maximum Gasteiger partial charge on any atom is 0.245 e. The Balaban J connectivity index is 0.00000256. The lowest BCUT2D eigenvalue weighted by molar-refractivity contribution is -0.663. The third kappa shape index (κ3) is 4.67. The third-order valence-electron chi connectivity index (χ3n) is 5.76.